The fourth-order valence-electron chi connectivity index (χ4n) is 3.21. The molecule has 0 aliphatic heterocycles. The average Bonchev–Trinajstić information content (AvgIpc) is 3.12. The number of ether oxygens (including phenoxy) is 1. The molecule has 0 atom stereocenters. The number of hydrogen-bond donors (Lipinski definition) is 0. The summed E-state index contributed by atoms with van der Waals surface area (Å²) in [6.45, 7) is 2.12. The number of carbonyl (C=O) groups excluding carboxylic acids is 1. The van der Waals surface area contributed by atoms with Crippen LogP contribution in [0, 0.1) is 18.3 Å². The second kappa shape index (κ2) is 8.31. The van der Waals surface area contributed by atoms with E-state index in [2.05, 4.69) is 11.1 Å². The van der Waals surface area contributed by atoms with Crippen molar-refractivity contribution in [2.24, 2.45) is 0 Å². The molecule has 0 amide bonds. The monoisotopic (exact) mass is 415 g/mol. The smallest absolute Gasteiger partial charge is 0.349 e. The number of nitriles is 1. The lowest BCUT2D eigenvalue weighted by Crippen LogP contribution is -2.21. The molecular weight excluding hydrogens is 398 g/mol. The summed E-state index contributed by atoms with van der Waals surface area (Å²) in [5, 5.41) is 9.68. The number of nitrogens with zero attached hydrogens (tertiary/aromatic N) is 3. The molecule has 148 valence electrons. The highest BCUT2D eigenvalue weighted by atomic mass is 32.1. The molecule has 4 aromatic rings. The number of aromatic nitrogens is 2. The van der Waals surface area contributed by atoms with Crippen molar-refractivity contribution in [3.05, 3.63) is 98.4 Å². The van der Waals surface area contributed by atoms with Crippen molar-refractivity contribution in [3.8, 4) is 6.07 Å². The van der Waals surface area contributed by atoms with E-state index in [0.29, 0.717) is 26.2 Å². The minimum absolute atomic E-state index is 0.163. The van der Waals surface area contributed by atoms with Crippen molar-refractivity contribution >= 4 is 27.5 Å². The third-order valence-electron chi connectivity index (χ3n) is 4.79. The lowest BCUT2D eigenvalue weighted by molar-refractivity contribution is 0.0478. The number of carbonyl (C=O) groups is 1. The molecule has 0 N–H and O–H groups in total. The van der Waals surface area contributed by atoms with Crippen LogP contribution in [0.25, 0.3) is 10.2 Å². The van der Waals surface area contributed by atoms with Gasteiger partial charge in [-0.3, -0.25) is 9.36 Å². The van der Waals surface area contributed by atoms with Gasteiger partial charge in [0.15, 0.2) is 0 Å². The minimum atomic E-state index is -0.472. The molecule has 0 unspecified atom stereocenters. The van der Waals surface area contributed by atoms with Gasteiger partial charge in [0.25, 0.3) is 5.56 Å². The Morgan fingerprint density at radius 2 is 1.90 bits per heavy atom. The fraction of sp³-hybridized carbons (Fsp3) is 0.130. The van der Waals surface area contributed by atoms with Gasteiger partial charge in [-0.1, -0.05) is 48.5 Å². The first-order valence-electron chi connectivity index (χ1n) is 9.26. The first-order chi connectivity index (χ1) is 14.6. The van der Waals surface area contributed by atoms with Crippen molar-refractivity contribution in [1.82, 2.24) is 9.55 Å². The molecule has 7 heteroatoms. The van der Waals surface area contributed by atoms with Crippen molar-refractivity contribution in [2.45, 2.75) is 20.1 Å². The van der Waals surface area contributed by atoms with Gasteiger partial charge >= 0.3 is 5.97 Å². The van der Waals surface area contributed by atoms with Crippen LogP contribution in [0.5, 0.6) is 0 Å². The van der Waals surface area contributed by atoms with Gasteiger partial charge in [0.1, 0.15) is 16.3 Å². The SMILES string of the molecule is Cc1c(C(=O)OCc2ccccc2)sc2ncn(Cc3ccccc3C#N)c(=O)c12. The van der Waals surface area contributed by atoms with Crippen LogP contribution in [0.4, 0.5) is 0 Å². The van der Waals surface area contributed by atoms with E-state index < -0.39 is 5.97 Å². The molecule has 30 heavy (non-hydrogen) atoms. The van der Waals surface area contributed by atoms with Gasteiger partial charge in [-0.15, -0.1) is 11.3 Å². The number of hydrogen-bond acceptors (Lipinski definition) is 6. The Hall–Kier alpha value is -3.76. The zero-order valence-corrected chi connectivity index (χ0v) is 17.0. The van der Waals surface area contributed by atoms with E-state index in [4.69, 9.17) is 4.74 Å². The third-order valence-corrected chi connectivity index (χ3v) is 5.97. The number of benzene rings is 2. The Kier molecular flexibility index (Phi) is 5.42. The molecule has 2 aromatic carbocycles. The summed E-state index contributed by atoms with van der Waals surface area (Å²) in [6.07, 6.45) is 1.45. The quantitative estimate of drug-likeness (QED) is 0.459. The minimum Gasteiger partial charge on any atom is -0.457 e. The Balaban J connectivity index is 1.64. The van der Waals surface area contributed by atoms with Gasteiger partial charge in [0.05, 0.1) is 29.9 Å². The predicted molar refractivity (Wildman–Crippen MR) is 114 cm³/mol. The highest BCUT2D eigenvalue weighted by Crippen LogP contribution is 2.28. The molecule has 0 fully saturated rings. The molecule has 0 aliphatic carbocycles. The van der Waals surface area contributed by atoms with Gasteiger partial charge in [0, 0.05) is 0 Å². The van der Waals surface area contributed by atoms with Crippen LogP contribution in [0.1, 0.15) is 31.9 Å². The topological polar surface area (TPSA) is 85.0 Å². The summed E-state index contributed by atoms with van der Waals surface area (Å²) in [5.74, 6) is -0.472. The standard InChI is InChI=1S/C23H17N3O3S/c1-15-19-21(30-20(15)23(28)29-13-16-7-3-2-4-8-16)25-14-26(22(19)27)12-18-10-6-5-9-17(18)11-24/h2-10,14H,12-13H2,1H3. The maximum absolute atomic E-state index is 13.1. The lowest BCUT2D eigenvalue weighted by Gasteiger charge is -2.07. The summed E-state index contributed by atoms with van der Waals surface area (Å²) < 4.78 is 6.88. The van der Waals surface area contributed by atoms with E-state index in [1.807, 2.05) is 42.5 Å². The zero-order valence-electron chi connectivity index (χ0n) is 16.2. The Morgan fingerprint density at radius 1 is 1.17 bits per heavy atom. The number of rotatable bonds is 5. The lowest BCUT2D eigenvalue weighted by atomic mass is 10.1. The predicted octanol–water partition coefficient (Wildman–Crippen LogP) is 4.04. The van der Waals surface area contributed by atoms with E-state index >= 15 is 0 Å². The summed E-state index contributed by atoms with van der Waals surface area (Å²) in [6, 6.07) is 18.7. The molecular formula is C23H17N3O3S. The normalized spacial score (nSPS) is 10.7. The van der Waals surface area contributed by atoms with Crippen LogP contribution < -0.4 is 5.56 Å². The Labute approximate surface area is 176 Å². The van der Waals surface area contributed by atoms with Gasteiger partial charge in [0.2, 0.25) is 0 Å². The highest BCUT2D eigenvalue weighted by Gasteiger charge is 2.21. The van der Waals surface area contributed by atoms with Gasteiger partial charge in [-0.2, -0.15) is 5.26 Å². The van der Waals surface area contributed by atoms with E-state index in [0.717, 1.165) is 22.5 Å². The van der Waals surface area contributed by atoms with Crippen molar-refractivity contribution in [3.63, 3.8) is 0 Å². The van der Waals surface area contributed by atoms with E-state index in [1.54, 1.807) is 19.1 Å². The van der Waals surface area contributed by atoms with E-state index in [-0.39, 0.29) is 18.7 Å². The number of fused-ring (bicyclic) bond motifs is 1. The molecule has 2 aromatic heterocycles. The van der Waals surface area contributed by atoms with Crippen LogP contribution in [-0.4, -0.2) is 15.5 Å². The number of thiophene rings is 1. The van der Waals surface area contributed by atoms with Gasteiger partial charge in [-0.25, -0.2) is 9.78 Å². The largest absolute Gasteiger partial charge is 0.457 e. The summed E-state index contributed by atoms with van der Waals surface area (Å²) >= 11 is 1.15. The second-order valence-corrected chi connectivity index (χ2v) is 7.74. The Morgan fingerprint density at radius 3 is 2.67 bits per heavy atom. The highest BCUT2D eigenvalue weighted by molar-refractivity contribution is 7.20. The number of aryl methyl sites for hydroxylation is 1. The maximum atomic E-state index is 13.1. The van der Waals surface area contributed by atoms with Crippen LogP contribution in [-0.2, 0) is 17.9 Å². The first-order valence-corrected chi connectivity index (χ1v) is 10.1. The maximum Gasteiger partial charge on any atom is 0.349 e. The van der Waals surface area contributed by atoms with Crippen LogP contribution in [0.2, 0.25) is 0 Å². The summed E-state index contributed by atoms with van der Waals surface area (Å²) in [4.78, 5) is 30.9. The van der Waals surface area contributed by atoms with Crippen LogP contribution in [0.15, 0.2) is 65.7 Å². The summed E-state index contributed by atoms with van der Waals surface area (Å²) in [7, 11) is 0. The molecule has 0 saturated carbocycles. The third kappa shape index (κ3) is 3.73. The van der Waals surface area contributed by atoms with Crippen molar-refractivity contribution < 1.29 is 9.53 Å². The van der Waals surface area contributed by atoms with Crippen molar-refractivity contribution in [1.29, 1.82) is 5.26 Å². The molecule has 0 saturated heterocycles. The summed E-state index contributed by atoms with van der Waals surface area (Å²) in [5.41, 5.74) is 2.45. The number of esters is 1. The molecule has 0 bridgehead atoms. The van der Waals surface area contributed by atoms with Crippen molar-refractivity contribution in [2.75, 3.05) is 0 Å². The molecule has 0 radical (unpaired) electrons. The van der Waals surface area contributed by atoms with Gasteiger partial charge < -0.3 is 4.74 Å². The molecule has 0 aliphatic rings. The average molecular weight is 415 g/mol. The van der Waals surface area contributed by atoms with E-state index in [9.17, 15) is 14.9 Å². The molecule has 2 heterocycles. The van der Waals surface area contributed by atoms with E-state index in [1.165, 1.54) is 10.9 Å². The van der Waals surface area contributed by atoms with Gasteiger partial charge in [-0.05, 0) is 29.7 Å². The van der Waals surface area contributed by atoms with Crippen LogP contribution in [0.3, 0.4) is 0 Å². The Bertz CT molecular complexity index is 1330. The van der Waals surface area contributed by atoms with Crippen LogP contribution >= 0.6 is 11.3 Å². The molecule has 6 nitrogen and oxygen atoms in total. The molecule has 4 rings (SSSR count). The fourth-order valence-corrected chi connectivity index (χ4v) is 4.24. The second-order valence-electron chi connectivity index (χ2n) is 6.74. The molecule has 0 spiro atoms. The first kappa shape index (κ1) is 19.6. The zero-order chi connectivity index (χ0) is 21.1.